The maximum atomic E-state index is 12.2. The van der Waals surface area contributed by atoms with E-state index in [2.05, 4.69) is 10.3 Å². The van der Waals surface area contributed by atoms with Gasteiger partial charge in [0.2, 0.25) is 0 Å². The highest BCUT2D eigenvalue weighted by atomic mass is 32.1. The SMILES string of the molecule is CN(C)c1nc2sc(C(=O)NCc3ccccc3O)cc2s1. The smallest absolute Gasteiger partial charge is 0.261 e. The lowest BCUT2D eigenvalue weighted by Crippen LogP contribution is -2.21. The van der Waals surface area contributed by atoms with Gasteiger partial charge in [-0.15, -0.1) is 11.3 Å². The zero-order valence-corrected chi connectivity index (χ0v) is 13.8. The first-order valence-corrected chi connectivity index (χ1v) is 8.30. The maximum absolute atomic E-state index is 12.2. The lowest BCUT2D eigenvalue weighted by Gasteiger charge is -2.06. The van der Waals surface area contributed by atoms with E-state index in [0.717, 1.165) is 14.7 Å². The molecule has 0 saturated heterocycles. The third kappa shape index (κ3) is 2.90. The molecule has 1 aromatic carbocycles. The molecule has 0 aliphatic rings. The van der Waals surface area contributed by atoms with Crippen molar-refractivity contribution in [3.05, 3.63) is 40.8 Å². The fourth-order valence-corrected chi connectivity index (χ4v) is 4.00. The van der Waals surface area contributed by atoms with Gasteiger partial charge in [-0.2, -0.15) is 0 Å². The second kappa shape index (κ2) is 5.94. The van der Waals surface area contributed by atoms with Gasteiger partial charge in [0, 0.05) is 26.2 Å². The first-order chi connectivity index (χ1) is 10.5. The van der Waals surface area contributed by atoms with Gasteiger partial charge in [0.1, 0.15) is 10.6 Å². The van der Waals surface area contributed by atoms with E-state index in [0.29, 0.717) is 17.0 Å². The minimum atomic E-state index is -0.148. The monoisotopic (exact) mass is 333 g/mol. The van der Waals surface area contributed by atoms with Crippen LogP contribution in [0.3, 0.4) is 0 Å². The topological polar surface area (TPSA) is 65.5 Å². The van der Waals surface area contributed by atoms with Crippen LogP contribution < -0.4 is 10.2 Å². The molecule has 1 amide bonds. The standard InChI is InChI=1S/C15H15N3O2S2/c1-18(2)15-17-14-12(22-15)7-11(21-14)13(20)16-8-9-5-3-4-6-10(9)19/h3-7,19H,8H2,1-2H3,(H,16,20). The molecule has 0 atom stereocenters. The van der Waals surface area contributed by atoms with Crippen molar-refractivity contribution in [3.63, 3.8) is 0 Å². The van der Waals surface area contributed by atoms with E-state index in [1.165, 1.54) is 11.3 Å². The molecule has 2 N–H and O–H groups in total. The van der Waals surface area contributed by atoms with Crippen molar-refractivity contribution in [2.24, 2.45) is 0 Å². The molecule has 0 unspecified atom stereocenters. The van der Waals surface area contributed by atoms with Gasteiger partial charge in [0.05, 0.1) is 9.58 Å². The molecule has 3 aromatic rings. The number of benzene rings is 1. The highest BCUT2D eigenvalue weighted by Crippen LogP contribution is 2.33. The van der Waals surface area contributed by atoms with Crippen molar-refractivity contribution in [3.8, 4) is 5.75 Å². The molecule has 2 aromatic heterocycles. The molecule has 0 bridgehead atoms. The van der Waals surface area contributed by atoms with Crippen molar-refractivity contribution >= 4 is 43.2 Å². The van der Waals surface area contributed by atoms with Crippen LogP contribution in [0.15, 0.2) is 30.3 Å². The number of rotatable bonds is 4. The fourth-order valence-electron chi connectivity index (χ4n) is 1.95. The second-order valence-electron chi connectivity index (χ2n) is 4.98. The van der Waals surface area contributed by atoms with E-state index in [-0.39, 0.29) is 11.7 Å². The molecule has 5 nitrogen and oxygen atoms in total. The molecule has 3 rings (SSSR count). The Morgan fingerprint density at radius 1 is 1.32 bits per heavy atom. The number of aromatic hydroxyl groups is 1. The average Bonchev–Trinajstić information content (AvgIpc) is 3.04. The molecule has 7 heteroatoms. The quantitative estimate of drug-likeness (QED) is 0.770. The zero-order chi connectivity index (χ0) is 15.7. The molecule has 0 aliphatic heterocycles. The Hall–Kier alpha value is -2.12. The first-order valence-electron chi connectivity index (χ1n) is 6.67. The van der Waals surface area contributed by atoms with Crippen LogP contribution in [0.5, 0.6) is 5.75 Å². The summed E-state index contributed by atoms with van der Waals surface area (Å²) in [5.41, 5.74) is 0.697. The molecular formula is C15H15N3O2S2. The minimum Gasteiger partial charge on any atom is -0.508 e. The van der Waals surface area contributed by atoms with Crippen molar-refractivity contribution in [1.29, 1.82) is 0 Å². The van der Waals surface area contributed by atoms with Gasteiger partial charge in [-0.3, -0.25) is 4.79 Å². The number of phenols is 1. The first kappa shape index (κ1) is 14.8. The summed E-state index contributed by atoms with van der Waals surface area (Å²) in [7, 11) is 3.89. The van der Waals surface area contributed by atoms with Gasteiger partial charge in [0.15, 0.2) is 5.13 Å². The summed E-state index contributed by atoms with van der Waals surface area (Å²) in [4.78, 5) is 20.2. The van der Waals surface area contributed by atoms with Gasteiger partial charge in [-0.25, -0.2) is 4.98 Å². The summed E-state index contributed by atoms with van der Waals surface area (Å²) in [5.74, 6) is 0.0390. The number of fused-ring (bicyclic) bond motifs is 1. The Labute approximate surface area is 135 Å². The van der Waals surface area contributed by atoms with E-state index in [1.54, 1.807) is 29.5 Å². The van der Waals surface area contributed by atoms with Crippen LogP contribution in [0.4, 0.5) is 5.13 Å². The van der Waals surface area contributed by atoms with Crippen LogP contribution in [-0.4, -0.2) is 30.1 Å². The lowest BCUT2D eigenvalue weighted by molar-refractivity contribution is 0.0955. The van der Waals surface area contributed by atoms with Crippen LogP contribution in [-0.2, 0) is 6.54 Å². The van der Waals surface area contributed by atoms with E-state index < -0.39 is 0 Å². The number of thiazole rings is 1. The Balaban J connectivity index is 1.72. The summed E-state index contributed by atoms with van der Waals surface area (Å²) in [5, 5.41) is 13.5. The van der Waals surface area contributed by atoms with Crippen molar-refractivity contribution in [2.75, 3.05) is 19.0 Å². The lowest BCUT2D eigenvalue weighted by atomic mass is 10.2. The molecule has 0 radical (unpaired) electrons. The molecule has 0 saturated carbocycles. The molecule has 114 valence electrons. The highest BCUT2D eigenvalue weighted by molar-refractivity contribution is 7.29. The van der Waals surface area contributed by atoms with Gasteiger partial charge in [-0.1, -0.05) is 29.5 Å². The predicted molar refractivity (Wildman–Crippen MR) is 91.1 cm³/mol. The van der Waals surface area contributed by atoms with Crippen molar-refractivity contribution in [1.82, 2.24) is 10.3 Å². The third-order valence-electron chi connectivity index (χ3n) is 3.12. The number of thiophene rings is 1. The molecule has 2 heterocycles. The van der Waals surface area contributed by atoms with E-state index >= 15 is 0 Å². The summed E-state index contributed by atoms with van der Waals surface area (Å²) in [6.45, 7) is 0.299. The van der Waals surface area contributed by atoms with Crippen LogP contribution in [0.1, 0.15) is 15.2 Å². The average molecular weight is 333 g/mol. The summed E-state index contributed by atoms with van der Waals surface area (Å²) >= 11 is 2.95. The number of nitrogens with zero attached hydrogens (tertiary/aromatic N) is 2. The van der Waals surface area contributed by atoms with E-state index in [9.17, 15) is 9.90 Å². The number of phenolic OH excluding ortho intramolecular Hbond substituents is 1. The number of para-hydroxylation sites is 1. The van der Waals surface area contributed by atoms with Crippen molar-refractivity contribution in [2.45, 2.75) is 6.54 Å². The Bertz CT molecular complexity index is 792. The molecule has 22 heavy (non-hydrogen) atoms. The number of carbonyl (C=O) groups excluding carboxylic acids is 1. The number of anilines is 1. The predicted octanol–water partition coefficient (Wildman–Crippen LogP) is 3.06. The Kier molecular flexibility index (Phi) is 4.00. The van der Waals surface area contributed by atoms with Crippen LogP contribution in [0, 0.1) is 0 Å². The Morgan fingerprint density at radius 3 is 2.77 bits per heavy atom. The zero-order valence-electron chi connectivity index (χ0n) is 12.2. The van der Waals surface area contributed by atoms with Crippen LogP contribution in [0.25, 0.3) is 9.53 Å². The van der Waals surface area contributed by atoms with Crippen molar-refractivity contribution < 1.29 is 9.90 Å². The summed E-state index contributed by atoms with van der Waals surface area (Å²) < 4.78 is 1.02. The number of carbonyl (C=O) groups is 1. The largest absolute Gasteiger partial charge is 0.508 e. The van der Waals surface area contributed by atoms with E-state index in [1.807, 2.05) is 31.1 Å². The van der Waals surface area contributed by atoms with Gasteiger partial charge in [-0.05, 0) is 12.1 Å². The van der Waals surface area contributed by atoms with Gasteiger partial charge >= 0.3 is 0 Å². The number of amides is 1. The highest BCUT2D eigenvalue weighted by Gasteiger charge is 2.14. The summed E-state index contributed by atoms with van der Waals surface area (Å²) in [6.07, 6.45) is 0. The molecule has 0 aliphatic carbocycles. The molecule has 0 fully saturated rings. The van der Waals surface area contributed by atoms with Gasteiger partial charge < -0.3 is 15.3 Å². The maximum Gasteiger partial charge on any atom is 0.261 e. The molecular weight excluding hydrogens is 318 g/mol. The van der Waals surface area contributed by atoms with Gasteiger partial charge in [0.25, 0.3) is 5.91 Å². The number of nitrogens with one attached hydrogen (secondary N) is 1. The third-order valence-corrected chi connectivity index (χ3v) is 5.44. The fraction of sp³-hybridized carbons (Fsp3) is 0.200. The second-order valence-corrected chi connectivity index (χ2v) is 7.02. The van der Waals surface area contributed by atoms with Crippen LogP contribution in [0.2, 0.25) is 0 Å². The molecule has 0 spiro atoms. The number of hydrogen-bond donors (Lipinski definition) is 2. The Morgan fingerprint density at radius 2 is 2.09 bits per heavy atom. The normalized spacial score (nSPS) is 10.8. The summed E-state index contributed by atoms with van der Waals surface area (Å²) in [6, 6.07) is 8.84. The van der Waals surface area contributed by atoms with Crippen LogP contribution >= 0.6 is 22.7 Å². The number of aromatic nitrogens is 1. The minimum absolute atomic E-state index is 0.148. The number of hydrogen-bond acceptors (Lipinski definition) is 6. The van der Waals surface area contributed by atoms with E-state index in [4.69, 9.17) is 0 Å².